The van der Waals surface area contributed by atoms with E-state index in [1.54, 1.807) is 6.20 Å². The summed E-state index contributed by atoms with van der Waals surface area (Å²) in [6.45, 7) is 5.19. The lowest BCUT2D eigenvalue weighted by Gasteiger charge is -2.42. The molecule has 3 fully saturated rings. The number of nitrogens with one attached hydrogen (secondary N) is 1. The smallest absolute Gasteiger partial charge is 0.381 e. The summed E-state index contributed by atoms with van der Waals surface area (Å²) < 4.78 is 47.0. The zero-order valence-corrected chi connectivity index (χ0v) is 21.3. The van der Waals surface area contributed by atoms with E-state index in [9.17, 15) is 13.2 Å². The van der Waals surface area contributed by atoms with Gasteiger partial charge in [0.25, 0.3) is 0 Å². The fourth-order valence-corrected chi connectivity index (χ4v) is 6.33. The van der Waals surface area contributed by atoms with E-state index in [1.165, 1.54) is 23.1 Å². The molecule has 0 amide bonds. The summed E-state index contributed by atoms with van der Waals surface area (Å²) in [5.41, 5.74) is 1.67. The Hall–Kier alpha value is -3.51. The van der Waals surface area contributed by atoms with E-state index in [4.69, 9.17) is 9.72 Å². The van der Waals surface area contributed by atoms with E-state index in [0.717, 1.165) is 75.9 Å². The molecule has 2 saturated heterocycles. The molecule has 1 N–H and O–H groups in total. The largest absolute Gasteiger partial charge is 0.417 e. The first-order valence-corrected chi connectivity index (χ1v) is 13.3. The van der Waals surface area contributed by atoms with Gasteiger partial charge in [-0.1, -0.05) is 0 Å². The predicted molar refractivity (Wildman–Crippen MR) is 137 cm³/mol. The summed E-state index contributed by atoms with van der Waals surface area (Å²) in [6, 6.07) is 4.39. The third kappa shape index (κ3) is 4.55. The van der Waals surface area contributed by atoms with Crippen molar-refractivity contribution < 1.29 is 17.9 Å². The van der Waals surface area contributed by atoms with Crippen molar-refractivity contribution in [3.8, 4) is 11.5 Å². The number of rotatable bonds is 5. The second kappa shape index (κ2) is 9.30. The van der Waals surface area contributed by atoms with Crippen molar-refractivity contribution in [2.75, 3.05) is 44.3 Å². The Kier molecular flexibility index (Phi) is 5.85. The first-order chi connectivity index (χ1) is 18.9. The molecular weight excluding hydrogens is 509 g/mol. The van der Waals surface area contributed by atoms with Crippen LogP contribution in [0.5, 0.6) is 0 Å². The van der Waals surface area contributed by atoms with Crippen LogP contribution in [0.3, 0.4) is 0 Å². The van der Waals surface area contributed by atoms with Gasteiger partial charge < -0.3 is 9.64 Å². The van der Waals surface area contributed by atoms with Crippen LogP contribution in [0.1, 0.15) is 36.4 Å². The summed E-state index contributed by atoms with van der Waals surface area (Å²) in [5, 5.41) is 7.17. The van der Waals surface area contributed by atoms with E-state index < -0.39 is 11.7 Å². The van der Waals surface area contributed by atoms with Crippen molar-refractivity contribution in [2.24, 2.45) is 11.3 Å². The molecule has 9 nitrogen and oxygen atoms in total. The number of halogens is 3. The normalized spacial score (nSPS) is 23.5. The van der Waals surface area contributed by atoms with Gasteiger partial charge in [0, 0.05) is 63.5 Å². The molecule has 39 heavy (non-hydrogen) atoms. The summed E-state index contributed by atoms with van der Waals surface area (Å²) in [7, 11) is 0. The molecule has 2 atom stereocenters. The Morgan fingerprint density at radius 2 is 1.95 bits per heavy atom. The third-order valence-corrected chi connectivity index (χ3v) is 8.72. The lowest BCUT2D eigenvalue weighted by molar-refractivity contribution is -0.137. The Morgan fingerprint density at radius 1 is 1.08 bits per heavy atom. The summed E-state index contributed by atoms with van der Waals surface area (Å²) in [6.07, 6.45) is 7.21. The number of aromatic nitrogens is 6. The van der Waals surface area contributed by atoms with Crippen LogP contribution in [0.15, 0.2) is 49.2 Å². The average molecular weight is 539 g/mol. The molecule has 7 rings (SSSR count). The number of alkyl halides is 3. The van der Waals surface area contributed by atoms with Crippen molar-refractivity contribution in [1.29, 1.82) is 0 Å². The minimum atomic E-state index is -4.45. The van der Waals surface area contributed by atoms with E-state index in [2.05, 4.69) is 30.0 Å². The van der Waals surface area contributed by atoms with Gasteiger partial charge in [0.1, 0.15) is 17.2 Å². The topological polar surface area (TPSA) is 87.5 Å². The average Bonchev–Trinajstić information content (AvgIpc) is 3.33. The van der Waals surface area contributed by atoms with Crippen molar-refractivity contribution >= 4 is 11.5 Å². The molecule has 204 valence electrons. The van der Waals surface area contributed by atoms with Crippen LogP contribution >= 0.6 is 0 Å². The van der Waals surface area contributed by atoms with Crippen molar-refractivity contribution in [3.63, 3.8) is 0 Å². The lowest BCUT2D eigenvalue weighted by atomic mass is 9.93. The fraction of sp³-hybridized carbons (Fsp3) is 0.481. The van der Waals surface area contributed by atoms with Crippen molar-refractivity contribution in [1.82, 2.24) is 34.4 Å². The van der Waals surface area contributed by atoms with E-state index in [-0.39, 0.29) is 6.04 Å². The molecule has 2 aliphatic heterocycles. The SMILES string of the molecule is FC(F)(F)c1ccc2ncc(-c3nccc(N4CCN(C[C@@H]5CC56CCOCC6)[C@@H](c5cn[nH]c5)C4)n3)n2c1. The summed E-state index contributed by atoms with van der Waals surface area (Å²) in [4.78, 5) is 18.2. The Bertz CT molecular complexity index is 1460. The van der Waals surface area contributed by atoms with Crippen molar-refractivity contribution in [3.05, 3.63) is 60.3 Å². The highest BCUT2D eigenvalue weighted by molar-refractivity contribution is 5.59. The maximum absolute atomic E-state index is 13.3. The Labute approximate surface area is 223 Å². The van der Waals surface area contributed by atoms with E-state index in [1.807, 2.05) is 18.5 Å². The molecule has 12 heteroatoms. The van der Waals surface area contributed by atoms with Crippen LogP contribution in [0.4, 0.5) is 19.0 Å². The second-order valence-electron chi connectivity index (χ2n) is 10.9. The lowest BCUT2D eigenvalue weighted by Crippen LogP contribution is -2.49. The van der Waals surface area contributed by atoms with Crippen LogP contribution in [-0.4, -0.2) is 73.8 Å². The molecule has 4 aromatic heterocycles. The van der Waals surface area contributed by atoms with Gasteiger partial charge in [0.05, 0.1) is 24.0 Å². The fourth-order valence-electron chi connectivity index (χ4n) is 6.33. The van der Waals surface area contributed by atoms with Crippen LogP contribution < -0.4 is 4.90 Å². The number of fused-ring (bicyclic) bond motifs is 1. The summed E-state index contributed by atoms with van der Waals surface area (Å²) in [5.74, 6) is 1.77. The molecule has 1 aliphatic carbocycles. The molecular formula is C27H29F3N8O. The zero-order valence-electron chi connectivity index (χ0n) is 21.3. The second-order valence-corrected chi connectivity index (χ2v) is 10.9. The number of piperazine rings is 1. The molecule has 6 heterocycles. The highest BCUT2D eigenvalue weighted by Crippen LogP contribution is 2.59. The minimum Gasteiger partial charge on any atom is -0.381 e. The number of nitrogens with zero attached hydrogens (tertiary/aromatic N) is 7. The van der Waals surface area contributed by atoms with Gasteiger partial charge in [0.2, 0.25) is 0 Å². The molecule has 0 unspecified atom stereocenters. The van der Waals surface area contributed by atoms with Crippen LogP contribution in [-0.2, 0) is 10.9 Å². The molecule has 0 bridgehead atoms. The molecule has 1 spiro atoms. The highest BCUT2D eigenvalue weighted by atomic mass is 19.4. The summed E-state index contributed by atoms with van der Waals surface area (Å²) >= 11 is 0. The number of hydrogen-bond acceptors (Lipinski definition) is 7. The Morgan fingerprint density at radius 3 is 2.74 bits per heavy atom. The van der Waals surface area contributed by atoms with Gasteiger partial charge >= 0.3 is 6.18 Å². The number of ether oxygens (including phenoxy) is 1. The number of hydrogen-bond donors (Lipinski definition) is 1. The first-order valence-electron chi connectivity index (χ1n) is 13.3. The molecule has 3 aliphatic rings. The standard InChI is InChI=1S/C27H29F3N8O/c28-27(29,30)19-1-2-23-32-14-21(38(23)16-19)25-31-6-3-24(35-25)37-8-7-36(22(17-37)18-12-33-34-13-18)15-20-11-26(20)4-9-39-10-5-26/h1-3,6,12-14,16,20,22H,4-5,7-11,15,17H2,(H,33,34)/t20-,22+/m0/s1. The number of pyridine rings is 1. The van der Waals surface area contributed by atoms with Crippen LogP contribution in [0.2, 0.25) is 0 Å². The maximum Gasteiger partial charge on any atom is 0.417 e. The van der Waals surface area contributed by atoms with Gasteiger partial charge in [-0.2, -0.15) is 18.3 Å². The molecule has 1 saturated carbocycles. The number of H-pyrrole nitrogens is 1. The monoisotopic (exact) mass is 538 g/mol. The van der Waals surface area contributed by atoms with Crippen LogP contribution in [0, 0.1) is 11.3 Å². The maximum atomic E-state index is 13.3. The number of anilines is 1. The molecule has 4 aromatic rings. The zero-order chi connectivity index (χ0) is 26.6. The van der Waals surface area contributed by atoms with E-state index in [0.29, 0.717) is 28.5 Å². The van der Waals surface area contributed by atoms with Crippen LogP contribution in [0.25, 0.3) is 17.2 Å². The minimum absolute atomic E-state index is 0.151. The Balaban J connectivity index is 1.14. The first kappa shape index (κ1) is 24.5. The van der Waals surface area contributed by atoms with Gasteiger partial charge in [-0.05, 0) is 48.8 Å². The van der Waals surface area contributed by atoms with Gasteiger partial charge in [-0.15, -0.1) is 0 Å². The number of aromatic amines is 1. The van der Waals surface area contributed by atoms with E-state index >= 15 is 0 Å². The van der Waals surface area contributed by atoms with Crippen molar-refractivity contribution in [2.45, 2.75) is 31.5 Å². The quantitative estimate of drug-likeness (QED) is 0.407. The molecule has 0 aromatic carbocycles. The van der Waals surface area contributed by atoms with Gasteiger partial charge in [-0.3, -0.25) is 14.4 Å². The van der Waals surface area contributed by atoms with Gasteiger partial charge in [-0.25, -0.2) is 15.0 Å². The number of imidazole rings is 1. The highest BCUT2D eigenvalue weighted by Gasteiger charge is 2.54. The predicted octanol–water partition coefficient (Wildman–Crippen LogP) is 4.21. The van der Waals surface area contributed by atoms with Gasteiger partial charge in [0.15, 0.2) is 5.82 Å². The molecule has 0 radical (unpaired) electrons. The third-order valence-electron chi connectivity index (χ3n) is 8.72.